The van der Waals surface area contributed by atoms with Gasteiger partial charge in [0.25, 0.3) is 0 Å². The second kappa shape index (κ2) is 5.97. The molecule has 56 valence electrons. The summed E-state index contributed by atoms with van der Waals surface area (Å²) in [5.41, 5.74) is 15.9. The van der Waals surface area contributed by atoms with Gasteiger partial charge in [0.1, 0.15) is 0 Å². The molecule has 0 amide bonds. The lowest BCUT2D eigenvalue weighted by molar-refractivity contribution is 0.534. The Bertz CT molecular complexity index is 52.9. The van der Waals surface area contributed by atoms with Crippen LogP contribution in [0.1, 0.15) is 0 Å². The van der Waals surface area contributed by atoms with E-state index in [1.165, 1.54) is 0 Å². The average molecular weight is 132 g/mol. The summed E-state index contributed by atoms with van der Waals surface area (Å²) in [5.74, 6) is 0. The van der Waals surface area contributed by atoms with Crippen molar-refractivity contribution in [2.45, 2.75) is 6.04 Å². The highest BCUT2D eigenvalue weighted by Gasteiger charge is 1.99. The molecule has 0 radical (unpaired) electrons. The molecule has 0 bridgehead atoms. The number of rotatable bonds is 5. The number of nitrogens with one attached hydrogen (secondary N) is 1. The Morgan fingerprint density at radius 3 is 2.00 bits per heavy atom. The first-order valence-electron chi connectivity index (χ1n) is 3.18. The minimum Gasteiger partial charge on any atom is -0.329 e. The molecule has 7 N–H and O–H groups in total. The quantitative estimate of drug-likeness (QED) is 0.342. The van der Waals surface area contributed by atoms with E-state index in [-0.39, 0.29) is 6.04 Å². The maximum absolute atomic E-state index is 5.34. The highest BCUT2D eigenvalue weighted by Crippen LogP contribution is 1.71. The molecule has 0 aromatic heterocycles. The number of hydrogen-bond donors (Lipinski definition) is 4. The third-order valence-electron chi connectivity index (χ3n) is 1.15. The summed E-state index contributed by atoms with van der Waals surface area (Å²) in [6.07, 6.45) is 0. The van der Waals surface area contributed by atoms with Crippen LogP contribution in [0, 0.1) is 0 Å². The van der Waals surface area contributed by atoms with Crippen LogP contribution in [0.3, 0.4) is 0 Å². The lowest BCUT2D eigenvalue weighted by Gasteiger charge is -2.12. The SMILES string of the molecule is NCCNC(CN)CN. The summed E-state index contributed by atoms with van der Waals surface area (Å²) in [4.78, 5) is 0. The van der Waals surface area contributed by atoms with Crippen molar-refractivity contribution >= 4 is 0 Å². The van der Waals surface area contributed by atoms with Crippen LogP contribution in [0.15, 0.2) is 0 Å². The fraction of sp³-hybridized carbons (Fsp3) is 1.00. The van der Waals surface area contributed by atoms with Crippen molar-refractivity contribution in [1.29, 1.82) is 0 Å². The van der Waals surface area contributed by atoms with Crippen LogP contribution in [-0.2, 0) is 0 Å². The zero-order valence-electron chi connectivity index (χ0n) is 5.64. The van der Waals surface area contributed by atoms with Gasteiger partial charge < -0.3 is 22.5 Å². The molecule has 4 nitrogen and oxygen atoms in total. The molecule has 9 heavy (non-hydrogen) atoms. The van der Waals surface area contributed by atoms with Crippen LogP contribution >= 0.6 is 0 Å². The fourth-order valence-corrected chi connectivity index (χ4v) is 0.550. The largest absolute Gasteiger partial charge is 0.329 e. The maximum Gasteiger partial charge on any atom is 0.0313 e. The van der Waals surface area contributed by atoms with E-state index in [2.05, 4.69) is 5.32 Å². The molecule has 0 aliphatic heterocycles. The van der Waals surface area contributed by atoms with E-state index < -0.39 is 0 Å². The Kier molecular flexibility index (Phi) is 5.86. The van der Waals surface area contributed by atoms with Crippen molar-refractivity contribution < 1.29 is 0 Å². The van der Waals surface area contributed by atoms with E-state index in [1.54, 1.807) is 0 Å². The normalized spacial score (nSPS) is 10.7. The van der Waals surface area contributed by atoms with E-state index in [0.29, 0.717) is 19.6 Å². The molecule has 0 aromatic rings. The minimum absolute atomic E-state index is 0.230. The molecule has 0 aliphatic rings. The molecule has 0 rings (SSSR count). The van der Waals surface area contributed by atoms with Gasteiger partial charge in [-0.2, -0.15) is 0 Å². The molecule has 0 atom stereocenters. The second-order valence-electron chi connectivity index (χ2n) is 1.91. The van der Waals surface area contributed by atoms with Gasteiger partial charge in [-0.25, -0.2) is 0 Å². The Hall–Kier alpha value is -0.160. The molecule has 0 saturated heterocycles. The summed E-state index contributed by atoms with van der Waals surface area (Å²) in [7, 11) is 0. The van der Waals surface area contributed by atoms with Crippen LogP contribution in [0.4, 0.5) is 0 Å². The molecule has 4 heteroatoms. The van der Waals surface area contributed by atoms with E-state index in [1.807, 2.05) is 0 Å². The van der Waals surface area contributed by atoms with Crippen molar-refractivity contribution in [3.63, 3.8) is 0 Å². The van der Waals surface area contributed by atoms with Gasteiger partial charge in [0.15, 0.2) is 0 Å². The van der Waals surface area contributed by atoms with Crippen LogP contribution < -0.4 is 22.5 Å². The zero-order valence-corrected chi connectivity index (χ0v) is 5.64. The van der Waals surface area contributed by atoms with Crippen LogP contribution in [0.25, 0.3) is 0 Å². The van der Waals surface area contributed by atoms with Crippen molar-refractivity contribution in [2.75, 3.05) is 26.2 Å². The molecule has 0 aromatic carbocycles. The monoisotopic (exact) mass is 132 g/mol. The first-order chi connectivity index (χ1) is 4.35. The van der Waals surface area contributed by atoms with Crippen molar-refractivity contribution in [2.24, 2.45) is 17.2 Å². The van der Waals surface area contributed by atoms with E-state index >= 15 is 0 Å². The van der Waals surface area contributed by atoms with Crippen LogP contribution in [0.2, 0.25) is 0 Å². The first kappa shape index (κ1) is 8.84. The van der Waals surface area contributed by atoms with Crippen LogP contribution in [0.5, 0.6) is 0 Å². The summed E-state index contributed by atoms with van der Waals surface area (Å²) >= 11 is 0. The maximum atomic E-state index is 5.34. The predicted molar refractivity (Wildman–Crippen MR) is 39.0 cm³/mol. The predicted octanol–water partition coefficient (Wildman–Crippen LogP) is -2.18. The molecule has 0 aliphatic carbocycles. The average Bonchev–Trinajstić information content (AvgIpc) is 1.91. The zero-order chi connectivity index (χ0) is 7.11. The molecular weight excluding hydrogens is 116 g/mol. The van der Waals surface area contributed by atoms with Gasteiger partial charge in [0, 0.05) is 32.2 Å². The summed E-state index contributed by atoms with van der Waals surface area (Å²) in [5, 5.41) is 3.09. The topological polar surface area (TPSA) is 90.1 Å². The van der Waals surface area contributed by atoms with Gasteiger partial charge in [-0.1, -0.05) is 0 Å². The Morgan fingerprint density at radius 1 is 1.11 bits per heavy atom. The third-order valence-corrected chi connectivity index (χ3v) is 1.15. The standard InChI is InChI=1S/C5H16N4/c6-1-2-9-5(3-7)4-8/h5,9H,1-4,6-8H2. The van der Waals surface area contributed by atoms with Gasteiger partial charge in [0.2, 0.25) is 0 Å². The van der Waals surface area contributed by atoms with Crippen molar-refractivity contribution in [3.05, 3.63) is 0 Å². The van der Waals surface area contributed by atoms with Gasteiger partial charge >= 0.3 is 0 Å². The van der Waals surface area contributed by atoms with Crippen molar-refractivity contribution in [1.82, 2.24) is 5.32 Å². The van der Waals surface area contributed by atoms with E-state index in [0.717, 1.165) is 6.54 Å². The Balaban J connectivity index is 3.09. The summed E-state index contributed by atoms with van der Waals surface area (Å²) < 4.78 is 0. The Morgan fingerprint density at radius 2 is 1.67 bits per heavy atom. The lowest BCUT2D eigenvalue weighted by atomic mass is 10.3. The van der Waals surface area contributed by atoms with Gasteiger partial charge in [-0.15, -0.1) is 0 Å². The summed E-state index contributed by atoms with van der Waals surface area (Å²) in [6, 6.07) is 0.230. The minimum atomic E-state index is 0.230. The first-order valence-corrected chi connectivity index (χ1v) is 3.18. The van der Waals surface area contributed by atoms with Gasteiger partial charge in [-0.3, -0.25) is 0 Å². The van der Waals surface area contributed by atoms with Gasteiger partial charge in [-0.05, 0) is 0 Å². The van der Waals surface area contributed by atoms with Crippen molar-refractivity contribution in [3.8, 4) is 0 Å². The molecular formula is C5H16N4. The van der Waals surface area contributed by atoms with E-state index in [4.69, 9.17) is 17.2 Å². The molecule has 0 fully saturated rings. The van der Waals surface area contributed by atoms with Gasteiger partial charge in [0.05, 0.1) is 0 Å². The summed E-state index contributed by atoms with van der Waals surface area (Å²) in [6.45, 7) is 2.59. The molecule has 0 heterocycles. The number of nitrogens with two attached hydrogens (primary N) is 3. The Labute approximate surface area is 55.8 Å². The smallest absolute Gasteiger partial charge is 0.0313 e. The third kappa shape index (κ3) is 4.35. The molecule has 0 saturated carbocycles. The lowest BCUT2D eigenvalue weighted by Crippen LogP contribution is -2.43. The molecule has 0 unspecified atom stereocenters. The second-order valence-corrected chi connectivity index (χ2v) is 1.91. The van der Waals surface area contributed by atoms with E-state index in [9.17, 15) is 0 Å². The highest BCUT2D eigenvalue weighted by atomic mass is 15.0. The fourth-order valence-electron chi connectivity index (χ4n) is 0.550. The van der Waals surface area contributed by atoms with Crippen LogP contribution in [-0.4, -0.2) is 32.2 Å². The molecule has 0 spiro atoms. The highest BCUT2D eigenvalue weighted by molar-refractivity contribution is 4.67. The number of hydrogen-bond acceptors (Lipinski definition) is 4.